The molecule has 2 rings (SSSR count). The highest BCUT2D eigenvalue weighted by Crippen LogP contribution is 2.26. The topological polar surface area (TPSA) is 68.1 Å². The smallest absolute Gasteiger partial charge is 0.322 e. The Morgan fingerprint density at radius 3 is 2.89 bits per heavy atom. The number of methoxy groups -OCH3 is 1. The molecule has 0 radical (unpaired) electrons. The van der Waals surface area contributed by atoms with E-state index in [1.165, 1.54) is 13.2 Å². The summed E-state index contributed by atoms with van der Waals surface area (Å²) in [5.41, 5.74) is 7.26. The lowest BCUT2D eigenvalue weighted by atomic mass is 10.1. The Morgan fingerprint density at radius 1 is 1.58 bits per heavy atom. The fourth-order valence-electron chi connectivity index (χ4n) is 1.82. The number of hydrogen-bond donors (Lipinski definition) is 2. The standard InChI is InChI=1S/C12H12BrFN2O2.ClH/c1-18-12(17)10(15)2-6-5-16-11-4-8(13)9(14)3-7(6)11;/h3-5,10,16H,2,15H2,1H3;1H. The van der Waals surface area contributed by atoms with Crippen molar-refractivity contribution in [2.45, 2.75) is 12.5 Å². The predicted octanol–water partition coefficient (Wildman–Crippen LogP) is 2.53. The molecular formula is C12H13BrClFN2O2. The van der Waals surface area contributed by atoms with Crippen LogP contribution in [0.5, 0.6) is 0 Å². The molecule has 4 nitrogen and oxygen atoms in total. The average Bonchev–Trinajstić information content (AvgIpc) is 2.71. The van der Waals surface area contributed by atoms with Gasteiger partial charge in [-0.25, -0.2) is 4.39 Å². The first kappa shape index (κ1) is 15.9. The number of nitrogens with two attached hydrogens (primary N) is 1. The van der Waals surface area contributed by atoms with Crippen molar-refractivity contribution in [2.75, 3.05) is 7.11 Å². The minimum absolute atomic E-state index is 0. The summed E-state index contributed by atoms with van der Waals surface area (Å²) in [6.45, 7) is 0. The van der Waals surface area contributed by atoms with Gasteiger partial charge in [-0.1, -0.05) is 0 Å². The lowest BCUT2D eigenvalue weighted by Crippen LogP contribution is -2.33. The van der Waals surface area contributed by atoms with Gasteiger partial charge in [0.1, 0.15) is 11.9 Å². The maximum absolute atomic E-state index is 13.5. The summed E-state index contributed by atoms with van der Waals surface area (Å²) in [5.74, 6) is -0.836. The highest BCUT2D eigenvalue weighted by atomic mass is 79.9. The third kappa shape index (κ3) is 3.26. The highest BCUT2D eigenvalue weighted by Gasteiger charge is 2.17. The first-order chi connectivity index (χ1) is 8.52. The molecule has 1 aromatic heterocycles. The van der Waals surface area contributed by atoms with Crippen LogP contribution in [0.4, 0.5) is 4.39 Å². The van der Waals surface area contributed by atoms with Crippen LogP contribution in [0.1, 0.15) is 5.56 Å². The molecule has 0 aliphatic rings. The Labute approximate surface area is 124 Å². The zero-order valence-electron chi connectivity index (χ0n) is 10.1. The van der Waals surface area contributed by atoms with Gasteiger partial charge in [-0.2, -0.15) is 0 Å². The number of esters is 1. The molecule has 1 unspecified atom stereocenters. The van der Waals surface area contributed by atoms with Crippen molar-refractivity contribution in [3.8, 4) is 0 Å². The van der Waals surface area contributed by atoms with Crippen molar-refractivity contribution in [2.24, 2.45) is 5.73 Å². The molecule has 0 aliphatic carbocycles. The Morgan fingerprint density at radius 2 is 2.26 bits per heavy atom. The summed E-state index contributed by atoms with van der Waals surface area (Å²) < 4.78 is 18.4. The van der Waals surface area contributed by atoms with Crippen LogP contribution in [0.25, 0.3) is 10.9 Å². The van der Waals surface area contributed by atoms with Crippen molar-refractivity contribution in [3.63, 3.8) is 0 Å². The molecule has 3 N–H and O–H groups in total. The predicted molar refractivity (Wildman–Crippen MR) is 76.9 cm³/mol. The third-order valence-electron chi connectivity index (χ3n) is 2.75. The largest absolute Gasteiger partial charge is 0.468 e. The highest BCUT2D eigenvalue weighted by molar-refractivity contribution is 9.10. The average molecular weight is 352 g/mol. The number of aromatic nitrogens is 1. The van der Waals surface area contributed by atoms with E-state index in [4.69, 9.17) is 5.73 Å². The number of carbonyl (C=O) groups is 1. The van der Waals surface area contributed by atoms with E-state index in [9.17, 15) is 9.18 Å². The van der Waals surface area contributed by atoms with E-state index in [1.54, 1.807) is 12.3 Å². The van der Waals surface area contributed by atoms with E-state index in [0.29, 0.717) is 10.9 Å². The molecule has 0 fully saturated rings. The monoisotopic (exact) mass is 350 g/mol. The summed E-state index contributed by atoms with van der Waals surface area (Å²) in [4.78, 5) is 14.3. The minimum Gasteiger partial charge on any atom is -0.468 e. The van der Waals surface area contributed by atoms with E-state index in [1.807, 2.05) is 0 Å². The molecular weight excluding hydrogens is 338 g/mol. The molecule has 0 spiro atoms. The van der Waals surface area contributed by atoms with E-state index >= 15 is 0 Å². The van der Waals surface area contributed by atoms with Crippen molar-refractivity contribution < 1.29 is 13.9 Å². The molecule has 19 heavy (non-hydrogen) atoms. The Hall–Kier alpha value is -1.11. The summed E-state index contributed by atoms with van der Waals surface area (Å²) >= 11 is 3.12. The van der Waals surface area contributed by atoms with Crippen LogP contribution in [0.2, 0.25) is 0 Å². The number of carbonyl (C=O) groups excluding carboxylic acids is 1. The number of ether oxygens (including phenoxy) is 1. The van der Waals surface area contributed by atoms with Gasteiger partial charge in [0.2, 0.25) is 0 Å². The number of halogens is 3. The van der Waals surface area contributed by atoms with Gasteiger partial charge in [-0.05, 0) is 33.6 Å². The minimum atomic E-state index is -0.749. The zero-order valence-corrected chi connectivity index (χ0v) is 12.5. The molecule has 1 heterocycles. The number of aromatic amines is 1. The Bertz CT molecular complexity index is 603. The van der Waals surface area contributed by atoms with Gasteiger partial charge < -0.3 is 15.5 Å². The van der Waals surface area contributed by atoms with E-state index in [-0.39, 0.29) is 18.2 Å². The summed E-state index contributed by atoms with van der Waals surface area (Å²) in [6.07, 6.45) is 2.02. The van der Waals surface area contributed by atoms with Gasteiger partial charge in [0.05, 0.1) is 11.6 Å². The number of nitrogens with one attached hydrogen (secondary N) is 1. The molecule has 104 valence electrons. The summed E-state index contributed by atoms with van der Waals surface area (Å²) in [7, 11) is 1.29. The molecule has 0 amide bonds. The lowest BCUT2D eigenvalue weighted by molar-refractivity contribution is -0.142. The normalized spacial score (nSPS) is 12.0. The lowest BCUT2D eigenvalue weighted by Gasteiger charge is -2.08. The van der Waals surface area contributed by atoms with Crippen molar-refractivity contribution in [1.82, 2.24) is 4.98 Å². The number of rotatable bonds is 3. The van der Waals surface area contributed by atoms with Gasteiger partial charge in [-0.3, -0.25) is 4.79 Å². The van der Waals surface area contributed by atoms with Gasteiger partial charge in [0, 0.05) is 23.5 Å². The van der Waals surface area contributed by atoms with Crippen LogP contribution in [-0.2, 0) is 16.0 Å². The molecule has 0 saturated heterocycles. The molecule has 0 saturated carbocycles. The summed E-state index contributed by atoms with van der Waals surface area (Å²) in [5, 5.41) is 0.718. The molecule has 1 atom stereocenters. The Balaban J connectivity index is 0.00000180. The van der Waals surface area contributed by atoms with E-state index in [0.717, 1.165) is 16.5 Å². The first-order valence-electron chi connectivity index (χ1n) is 5.31. The number of benzene rings is 1. The van der Waals surface area contributed by atoms with E-state index in [2.05, 4.69) is 25.7 Å². The first-order valence-corrected chi connectivity index (χ1v) is 6.10. The SMILES string of the molecule is COC(=O)C(N)Cc1c[nH]c2cc(Br)c(F)cc12.Cl. The van der Waals surface area contributed by atoms with Crippen molar-refractivity contribution in [1.29, 1.82) is 0 Å². The number of hydrogen-bond acceptors (Lipinski definition) is 3. The zero-order chi connectivity index (χ0) is 13.3. The molecule has 2 aromatic rings. The fraction of sp³-hybridized carbons (Fsp3) is 0.250. The van der Waals surface area contributed by atoms with Crippen LogP contribution in [0.3, 0.4) is 0 Å². The maximum atomic E-state index is 13.5. The number of fused-ring (bicyclic) bond motifs is 1. The van der Waals surface area contributed by atoms with Crippen LogP contribution in [0.15, 0.2) is 22.8 Å². The van der Waals surface area contributed by atoms with Gasteiger partial charge >= 0.3 is 5.97 Å². The molecule has 7 heteroatoms. The van der Waals surface area contributed by atoms with Gasteiger partial charge in [0.15, 0.2) is 0 Å². The van der Waals surface area contributed by atoms with Gasteiger partial charge in [0.25, 0.3) is 0 Å². The van der Waals surface area contributed by atoms with Crippen molar-refractivity contribution in [3.05, 3.63) is 34.2 Å². The second kappa shape index (κ2) is 6.36. The quantitative estimate of drug-likeness (QED) is 0.835. The molecule has 0 bridgehead atoms. The fourth-order valence-corrected chi connectivity index (χ4v) is 2.16. The molecule has 0 aliphatic heterocycles. The Kier molecular flexibility index (Phi) is 5.34. The van der Waals surface area contributed by atoms with Crippen molar-refractivity contribution >= 4 is 45.2 Å². The van der Waals surface area contributed by atoms with Crippen LogP contribution in [0, 0.1) is 5.82 Å². The van der Waals surface area contributed by atoms with E-state index < -0.39 is 12.0 Å². The van der Waals surface area contributed by atoms with Crippen LogP contribution in [-0.4, -0.2) is 24.1 Å². The van der Waals surface area contributed by atoms with Gasteiger partial charge in [-0.15, -0.1) is 12.4 Å². The second-order valence-corrected chi connectivity index (χ2v) is 4.81. The second-order valence-electron chi connectivity index (χ2n) is 3.96. The van der Waals surface area contributed by atoms with Crippen LogP contribution >= 0.6 is 28.3 Å². The third-order valence-corrected chi connectivity index (χ3v) is 3.36. The van der Waals surface area contributed by atoms with Crippen LogP contribution < -0.4 is 5.73 Å². The summed E-state index contributed by atoms with van der Waals surface area (Å²) in [6, 6.07) is 2.31. The maximum Gasteiger partial charge on any atom is 0.322 e. The molecule has 1 aromatic carbocycles. The number of H-pyrrole nitrogens is 1.